The van der Waals surface area contributed by atoms with E-state index in [1.807, 2.05) is 0 Å². The Bertz CT molecular complexity index is 460. The minimum absolute atomic E-state index is 0.0245. The summed E-state index contributed by atoms with van der Waals surface area (Å²) in [4.78, 5) is 0. The first-order valence-electron chi connectivity index (χ1n) is 4.86. The topological polar surface area (TPSA) is 46.2 Å². The molecule has 3 nitrogen and oxygen atoms in total. The lowest BCUT2D eigenvalue weighted by Gasteiger charge is -2.05. The van der Waals surface area contributed by atoms with E-state index in [4.69, 9.17) is 0 Å². The minimum Gasteiger partial charge on any atom is -0.212 e. The Morgan fingerprint density at radius 3 is 2.50 bits per heavy atom. The fraction of sp³-hybridized carbons (Fsp3) is 0.400. The molecule has 0 saturated heterocycles. The van der Waals surface area contributed by atoms with Crippen molar-refractivity contribution in [3.8, 4) is 0 Å². The molecule has 0 aliphatic carbocycles. The highest BCUT2D eigenvalue weighted by Gasteiger charge is 2.09. The van der Waals surface area contributed by atoms with Crippen molar-refractivity contribution in [2.75, 3.05) is 5.75 Å². The molecule has 0 bridgehead atoms. The third-order valence-corrected chi connectivity index (χ3v) is 3.48. The lowest BCUT2D eigenvalue weighted by Crippen LogP contribution is -2.25. The van der Waals surface area contributed by atoms with Crippen molar-refractivity contribution < 1.29 is 17.2 Å². The van der Waals surface area contributed by atoms with Crippen molar-refractivity contribution in [3.05, 3.63) is 35.4 Å². The van der Waals surface area contributed by atoms with Gasteiger partial charge in [0.25, 0.3) is 0 Å². The van der Waals surface area contributed by atoms with Gasteiger partial charge >= 0.3 is 0 Å². The van der Waals surface area contributed by atoms with Crippen LogP contribution in [0.4, 0.5) is 8.78 Å². The van der Waals surface area contributed by atoms with Gasteiger partial charge < -0.3 is 0 Å². The molecular formula is C10H13F2NO2S. The van der Waals surface area contributed by atoms with Crippen molar-refractivity contribution in [2.24, 2.45) is 0 Å². The van der Waals surface area contributed by atoms with Crippen molar-refractivity contribution in [3.63, 3.8) is 0 Å². The maximum atomic E-state index is 12.8. The number of rotatable bonds is 5. The van der Waals surface area contributed by atoms with E-state index in [-0.39, 0.29) is 12.3 Å². The van der Waals surface area contributed by atoms with E-state index >= 15 is 0 Å². The van der Waals surface area contributed by atoms with Crippen LogP contribution in [0, 0.1) is 11.6 Å². The van der Waals surface area contributed by atoms with Gasteiger partial charge in [-0.2, -0.15) is 0 Å². The van der Waals surface area contributed by atoms with Crippen LogP contribution < -0.4 is 4.72 Å². The van der Waals surface area contributed by atoms with Crippen LogP contribution in [-0.4, -0.2) is 14.2 Å². The second-order valence-electron chi connectivity index (χ2n) is 3.39. The predicted molar refractivity (Wildman–Crippen MR) is 57.3 cm³/mol. The second-order valence-corrected chi connectivity index (χ2v) is 5.31. The highest BCUT2D eigenvalue weighted by Crippen LogP contribution is 2.08. The van der Waals surface area contributed by atoms with Crippen molar-refractivity contribution >= 4 is 10.0 Å². The molecule has 0 fully saturated rings. The average Bonchev–Trinajstić information content (AvgIpc) is 2.20. The van der Waals surface area contributed by atoms with Gasteiger partial charge in [0.1, 0.15) is 0 Å². The van der Waals surface area contributed by atoms with Crippen LogP contribution in [0.2, 0.25) is 0 Å². The third-order valence-electron chi connectivity index (χ3n) is 1.95. The normalized spacial score (nSPS) is 11.7. The van der Waals surface area contributed by atoms with Gasteiger partial charge in [-0.1, -0.05) is 13.0 Å². The molecule has 0 atom stereocenters. The van der Waals surface area contributed by atoms with Crippen molar-refractivity contribution in [1.29, 1.82) is 0 Å². The van der Waals surface area contributed by atoms with Crippen molar-refractivity contribution in [1.82, 2.24) is 4.72 Å². The zero-order valence-electron chi connectivity index (χ0n) is 8.83. The van der Waals surface area contributed by atoms with Crippen LogP contribution >= 0.6 is 0 Å². The van der Waals surface area contributed by atoms with Crippen LogP contribution in [0.25, 0.3) is 0 Å². The Hall–Kier alpha value is -1.01. The van der Waals surface area contributed by atoms with Gasteiger partial charge in [-0.15, -0.1) is 0 Å². The van der Waals surface area contributed by atoms with E-state index in [1.54, 1.807) is 6.92 Å². The summed E-state index contributed by atoms with van der Waals surface area (Å²) < 4.78 is 50.2. The summed E-state index contributed by atoms with van der Waals surface area (Å²) in [5, 5.41) is 0. The summed E-state index contributed by atoms with van der Waals surface area (Å²) in [5.41, 5.74) is 0.388. The van der Waals surface area contributed by atoms with E-state index in [0.29, 0.717) is 12.0 Å². The molecule has 0 aliphatic rings. The fourth-order valence-electron chi connectivity index (χ4n) is 1.18. The summed E-state index contributed by atoms with van der Waals surface area (Å²) in [6.45, 7) is 1.72. The molecule has 1 aromatic rings. The molecular weight excluding hydrogens is 236 g/mol. The fourth-order valence-corrected chi connectivity index (χ4v) is 2.25. The SMILES string of the molecule is CCCS(=O)(=O)NCc1ccc(F)c(F)c1. The largest absolute Gasteiger partial charge is 0.212 e. The molecule has 0 unspecified atom stereocenters. The predicted octanol–water partition coefficient (Wildman–Crippen LogP) is 1.79. The van der Waals surface area contributed by atoms with Gasteiger partial charge in [0.2, 0.25) is 10.0 Å². The molecule has 0 saturated carbocycles. The molecule has 0 amide bonds. The van der Waals surface area contributed by atoms with Crippen molar-refractivity contribution in [2.45, 2.75) is 19.9 Å². The molecule has 1 rings (SSSR count). The number of benzene rings is 1. The Morgan fingerprint density at radius 1 is 1.25 bits per heavy atom. The quantitative estimate of drug-likeness (QED) is 0.864. The Balaban J connectivity index is 2.65. The van der Waals surface area contributed by atoms with E-state index < -0.39 is 21.7 Å². The lowest BCUT2D eigenvalue weighted by atomic mass is 10.2. The molecule has 1 aromatic carbocycles. The Kier molecular flexibility index (Phi) is 4.37. The van der Waals surface area contributed by atoms with Crippen LogP contribution in [0.5, 0.6) is 0 Å². The first-order chi connectivity index (χ1) is 7.44. The van der Waals surface area contributed by atoms with Crippen LogP contribution in [0.3, 0.4) is 0 Å². The third kappa shape index (κ3) is 3.86. The molecule has 0 heterocycles. The van der Waals surface area contributed by atoms with Gasteiger partial charge in [-0.3, -0.25) is 0 Å². The van der Waals surface area contributed by atoms with E-state index in [2.05, 4.69) is 4.72 Å². The molecule has 0 aromatic heterocycles. The standard InChI is InChI=1S/C10H13F2NO2S/c1-2-5-16(14,15)13-7-8-3-4-9(11)10(12)6-8/h3-4,6,13H,2,5,7H2,1H3. The molecule has 90 valence electrons. The summed E-state index contributed by atoms with van der Waals surface area (Å²) in [6.07, 6.45) is 0.507. The molecule has 1 N–H and O–H groups in total. The minimum atomic E-state index is -3.32. The first-order valence-corrected chi connectivity index (χ1v) is 6.51. The van der Waals surface area contributed by atoms with Gasteiger partial charge in [-0.25, -0.2) is 21.9 Å². The Morgan fingerprint density at radius 2 is 1.94 bits per heavy atom. The smallest absolute Gasteiger partial charge is 0.211 e. The molecule has 0 aliphatic heterocycles. The number of sulfonamides is 1. The summed E-state index contributed by atoms with van der Waals surface area (Å²) >= 11 is 0. The zero-order valence-corrected chi connectivity index (χ0v) is 9.65. The van der Waals surface area contributed by atoms with E-state index in [9.17, 15) is 17.2 Å². The van der Waals surface area contributed by atoms with Gasteiger partial charge in [0, 0.05) is 6.54 Å². The Labute approximate surface area is 93.5 Å². The van der Waals surface area contributed by atoms with Crippen LogP contribution in [0.15, 0.2) is 18.2 Å². The molecule has 6 heteroatoms. The van der Waals surface area contributed by atoms with Gasteiger partial charge in [0.05, 0.1) is 5.75 Å². The lowest BCUT2D eigenvalue weighted by molar-refractivity contribution is 0.506. The number of nitrogens with one attached hydrogen (secondary N) is 1. The highest BCUT2D eigenvalue weighted by atomic mass is 32.2. The number of halogens is 2. The summed E-state index contributed by atoms with van der Waals surface area (Å²) in [6, 6.07) is 3.29. The summed E-state index contributed by atoms with van der Waals surface area (Å²) in [5.74, 6) is -1.90. The first kappa shape index (κ1) is 13.1. The van der Waals surface area contributed by atoms with E-state index in [1.165, 1.54) is 6.07 Å². The monoisotopic (exact) mass is 249 g/mol. The van der Waals surface area contributed by atoms with E-state index in [0.717, 1.165) is 12.1 Å². The van der Waals surface area contributed by atoms with Crippen LogP contribution in [0.1, 0.15) is 18.9 Å². The van der Waals surface area contributed by atoms with Crippen LogP contribution in [-0.2, 0) is 16.6 Å². The average molecular weight is 249 g/mol. The molecule has 0 radical (unpaired) electrons. The van der Waals surface area contributed by atoms with Gasteiger partial charge in [0.15, 0.2) is 11.6 Å². The maximum absolute atomic E-state index is 12.8. The van der Waals surface area contributed by atoms with Gasteiger partial charge in [-0.05, 0) is 24.1 Å². The summed E-state index contributed by atoms with van der Waals surface area (Å²) in [7, 11) is -3.32. The second kappa shape index (κ2) is 5.36. The maximum Gasteiger partial charge on any atom is 0.211 e. The zero-order chi connectivity index (χ0) is 12.2. The highest BCUT2D eigenvalue weighted by molar-refractivity contribution is 7.89. The molecule has 0 spiro atoms. The number of hydrogen-bond donors (Lipinski definition) is 1. The molecule has 16 heavy (non-hydrogen) atoms. The number of hydrogen-bond acceptors (Lipinski definition) is 2.